The number of pyridine rings is 1. The number of fused-ring (bicyclic) bond motifs is 1. The second-order valence-corrected chi connectivity index (χ2v) is 5.03. The molecule has 1 aromatic carbocycles. The van der Waals surface area contributed by atoms with Crippen LogP contribution in [0.25, 0.3) is 10.9 Å². The van der Waals surface area contributed by atoms with Crippen LogP contribution < -0.4 is 5.56 Å². The van der Waals surface area contributed by atoms with Crippen LogP contribution in [0, 0.1) is 0 Å². The molecule has 0 aliphatic heterocycles. The summed E-state index contributed by atoms with van der Waals surface area (Å²) in [4.78, 5) is 13.8. The number of aromatic hydroxyl groups is 1. The van der Waals surface area contributed by atoms with Gasteiger partial charge in [-0.2, -0.15) is 0 Å². The molecular weight excluding hydrogens is 202 g/mol. The van der Waals surface area contributed by atoms with Gasteiger partial charge in [0.2, 0.25) is 5.56 Å². The maximum absolute atomic E-state index is 11.1. The molecular formula is C13H15NO2. The van der Waals surface area contributed by atoms with Crippen molar-refractivity contribution in [3.63, 3.8) is 0 Å². The Balaban J connectivity index is 2.77. The SMILES string of the molecule is CC(C)(C)c1cc2ccc(=O)[nH]c2cc1O. The smallest absolute Gasteiger partial charge is 0.248 e. The zero-order valence-corrected chi connectivity index (χ0v) is 9.66. The number of benzene rings is 1. The Bertz CT molecular complexity index is 591. The van der Waals surface area contributed by atoms with Crippen LogP contribution in [0.3, 0.4) is 0 Å². The van der Waals surface area contributed by atoms with Crippen molar-refractivity contribution in [1.82, 2.24) is 4.98 Å². The molecule has 0 radical (unpaired) electrons. The fraction of sp³-hybridized carbons (Fsp3) is 0.308. The third-order valence-corrected chi connectivity index (χ3v) is 2.65. The van der Waals surface area contributed by atoms with Crippen LogP contribution >= 0.6 is 0 Å². The van der Waals surface area contributed by atoms with Crippen molar-refractivity contribution in [2.45, 2.75) is 26.2 Å². The fourth-order valence-corrected chi connectivity index (χ4v) is 1.79. The van der Waals surface area contributed by atoms with Gasteiger partial charge >= 0.3 is 0 Å². The number of hydrogen-bond donors (Lipinski definition) is 2. The maximum atomic E-state index is 11.1. The van der Waals surface area contributed by atoms with Gasteiger partial charge in [-0.25, -0.2) is 0 Å². The average molecular weight is 217 g/mol. The van der Waals surface area contributed by atoms with Gasteiger partial charge in [-0.1, -0.05) is 20.8 Å². The molecule has 84 valence electrons. The summed E-state index contributed by atoms with van der Waals surface area (Å²) in [6, 6.07) is 6.78. The molecule has 3 nitrogen and oxygen atoms in total. The van der Waals surface area contributed by atoms with Crippen molar-refractivity contribution < 1.29 is 5.11 Å². The molecule has 3 heteroatoms. The number of nitrogens with one attached hydrogen (secondary N) is 1. The number of aromatic nitrogens is 1. The summed E-state index contributed by atoms with van der Waals surface area (Å²) in [5, 5.41) is 10.8. The lowest BCUT2D eigenvalue weighted by Crippen LogP contribution is -2.12. The predicted molar refractivity (Wildman–Crippen MR) is 64.9 cm³/mol. The van der Waals surface area contributed by atoms with Crippen LogP contribution in [0.1, 0.15) is 26.3 Å². The van der Waals surface area contributed by atoms with Gasteiger partial charge in [0.05, 0.1) is 5.52 Å². The first-order chi connectivity index (χ1) is 7.38. The van der Waals surface area contributed by atoms with Gasteiger partial charge in [0, 0.05) is 12.1 Å². The molecule has 16 heavy (non-hydrogen) atoms. The molecule has 0 unspecified atom stereocenters. The predicted octanol–water partition coefficient (Wildman–Crippen LogP) is 2.53. The van der Waals surface area contributed by atoms with Crippen LogP contribution in [0.2, 0.25) is 0 Å². The highest BCUT2D eigenvalue weighted by Crippen LogP contribution is 2.33. The first kappa shape index (κ1) is 10.7. The summed E-state index contributed by atoms with van der Waals surface area (Å²) in [7, 11) is 0. The summed E-state index contributed by atoms with van der Waals surface area (Å²) >= 11 is 0. The quantitative estimate of drug-likeness (QED) is 0.712. The van der Waals surface area contributed by atoms with E-state index in [1.54, 1.807) is 12.1 Å². The third kappa shape index (κ3) is 1.81. The summed E-state index contributed by atoms with van der Waals surface area (Å²) < 4.78 is 0. The lowest BCUT2D eigenvalue weighted by Gasteiger charge is -2.20. The van der Waals surface area contributed by atoms with Crippen LogP contribution in [0.5, 0.6) is 5.75 Å². The van der Waals surface area contributed by atoms with Gasteiger partial charge in [-0.15, -0.1) is 0 Å². The standard InChI is InChI=1S/C13H15NO2/c1-13(2,3)9-6-8-4-5-12(16)14-10(8)7-11(9)15/h4-7,15H,1-3H3,(H,14,16). The Hall–Kier alpha value is -1.77. The van der Waals surface area contributed by atoms with Crippen LogP contribution in [-0.2, 0) is 5.41 Å². The van der Waals surface area contributed by atoms with Crippen molar-refractivity contribution in [2.24, 2.45) is 0 Å². The first-order valence-corrected chi connectivity index (χ1v) is 5.24. The lowest BCUT2D eigenvalue weighted by molar-refractivity contribution is 0.447. The van der Waals surface area contributed by atoms with Gasteiger partial charge < -0.3 is 10.1 Å². The van der Waals surface area contributed by atoms with Crippen molar-refractivity contribution in [2.75, 3.05) is 0 Å². The minimum Gasteiger partial charge on any atom is -0.508 e. The Kier molecular flexibility index (Phi) is 2.26. The van der Waals surface area contributed by atoms with Crippen LogP contribution in [-0.4, -0.2) is 10.1 Å². The normalized spacial score (nSPS) is 11.9. The molecule has 0 fully saturated rings. The second-order valence-electron chi connectivity index (χ2n) is 5.03. The third-order valence-electron chi connectivity index (χ3n) is 2.65. The molecule has 0 saturated heterocycles. The van der Waals surface area contributed by atoms with Crippen molar-refractivity contribution >= 4 is 10.9 Å². The number of aromatic amines is 1. The van der Waals surface area contributed by atoms with E-state index >= 15 is 0 Å². The van der Waals surface area contributed by atoms with E-state index in [9.17, 15) is 9.90 Å². The summed E-state index contributed by atoms with van der Waals surface area (Å²) in [5.41, 5.74) is 1.27. The lowest BCUT2D eigenvalue weighted by atomic mass is 9.85. The van der Waals surface area contributed by atoms with E-state index in [4.69, 9.17) is 0 Å². The highest BCUT2D eigenvalue weighted by Gasteiger charge is 2.18. The number of rotatable bonds is 0. The van der Waals surface area contributed by atoms with Gasteiger partial charge in [0.25, 0.3) is 0 Å². The average Bonchev–Trinajstić information content (AvgIpc) is 2.14. The molecule has 1 aromatic heterocycles. The second kappa shape index (κ2) is 3.37. The summed E-state index contributed by atoms with van der Waals surface area (Å²) in [5.74, 6) is 0.224. The summed E-state index contributed by atoms with van der Waals surface area (Å²) in [6.07, 6.45) is 0. The van der Waals surface area contributed by atoms with Crippen LogP contribution in [0.15, 0.2) is 29.1 Å². The molecule has 2 rings (SSSR count). The van der Waals surface area contributed by atoms with Crippen molar-refractivity contribution in [1.29, 1.82) is 0 Å². The van der Waals surface area contributed by atoms with Gasteiger partial charge in [0.1, 0.15) is 5.75 Å². The highest BCUT2D eigenvalue weighted by atomic mass is 16.3. The Morgan fingerprint density at radius 3 is 2.50 bits per heavy atom. The largest absolute Gasteiger partial charge is 0.508 e. The minimum absolute atomic E-state index is 0.117. The number of H-pyrrole nitrogens is 1. The maximum Gasteiger partial charge on any atom is 0.248 e. The first-order valence-electron chi connectivity index (χ1n) is 5.24. The van der Waals surface area contributed by atoms with E-state index in [2.05, 4.69) is 4.98 Å². The molecule has 2 N–H and O–H groups in total. The van der Waals surface area contributed by atoms with E-state index < -0.39 is 0 Å². The monoisotopic (exact) mass is 217 g/mol. The molecule has 1 heterocycles. The zero-order chi connectivity index (χ0) is 11.9. The topological polar surface area (TPSA) is 53.1 Å². The van der Waals surface area contributed by atoms with Gasteiger partial charge in [-0.3, -0.25) is 4.79 Å². The number of phenolic OH excluding ortho intramolecular Hbond substituents is 1. The molecule has 0 amide bonds. The Morgan fingerprint density at radius 2 is 1.88 bits per heavy atom. The van der Waals surface area contributed by atoms with E-state index in [1.165, 1.54) is 6.07 Å². The summed E-state index contributed by atoms with van der Waals surface area (Å²) in [6.45, 7) is 6.12. The fourth-order valence-electron chi connectivity index (χ4n) is 1.79. The molecule has 0 aliphatic carbocycles. The van der Waals surface area contributed by atoms with E-state index in [-0.39, 0.29) is 16.7 Å². The molecule has 0 bridgehead atoms. The molecule has 0 saturated carbocycles. The van der Waals surface area contributed by atoms with E-state index in [0.29, 0.717) is 5.52 Å². The molecule has 0 spiro atoms. The van der Waals surface area contributed by atoms with Crippen molar-refractivity contribution in [3.8, 4) is 5.75 Å². The zero-order valence-electron chi connectivity index (χ0n) is 9.66. The van der Waals surface area contributed by atoms with E-state index in [1.807, 2.05) is 26.8 Å². The van der Waals surface area contributed by atoms with E-state index in [0.717, 1.165) is 10.9 Å². The van der Waals surface area contributed by atoms with Crippen molar-refractivity contribution in [3.05, 3.63) is 40.2 Å². The number of phenols is 1. The van der Waals surface area contributed by atoms with Gasteiger partial charge in [-0.05, 0) is 28.5 Å². The highest BCUT2D eigenvalue weighted by molar-refractivity contribution is 5.81. The Morgan fingerprint density at radius 1 is 1.19 bits per heavy atom. The Labute approximate surface area is 93.7 Å². The number of hydrogen-bond acceptors (Lipinski definition) is 2. The molecule has 0 atom stereocenters. The molecule has 0 aliphatic rings. The van der Waals surface area contributed by atoms with Gasteiger partial charge in [0.15, 0.2) is 0 Å². The molecule has 2 aromatic rings. The minimum atomic E-state index is -0.157. The van der Waals surface area contributed by atoms with Crippen LogP contribution in [0.4, 0.5) is 0 Å².